The Hall–Kier alpha value is -2.21. The Balaban J connectivity index is 2.13. The van der Waals surface area contributed by atoms with Crippen molar-refractivity contribution < 1.29 is 14.3 Å². The quantitative estimate of drug-likeness (QED) is 0.929. The zero-order chi connectivity index (χ0) is 15.6. The number of rotatable bonds is 4. The third-order valence-corrected chi connectivity index (χ3v) is 2.88. The summed E-state index contributed by atoms with van der Waals surface area (Å²) in [6, 6.07) is 6.94. The number of aryl methyl sites for hydroxylation is 1. The largest absolute Gasteiger partial charge is 0.421 e. The Kier molecular flexibility index (Phi) is 4.09. The normalized spacial score (nSPS) is 11.5. The number of amides is 1. The van der Waals surface area contributed by atoms with Crippen LogP contribution in [0.5, 0.6) is 0 Å². The summed E-state index contributed by atoms with van der Waals surface area (Å²) in [6.45, 7) is 5.31. The van der Waals surface area contributed by atoms with Crippen molar-refractivity contribution in [3.8, 4) is 11.5 Å². The molecule has 0 spiro atoms. The fourth-order valence-electron chi connectivity index (χ4n) is 2.04. The molecule has 0 saturated carbocycles. The Bertz CT molecular complexity index is 626. The third kappa shape index (κ3) is 3.88. The van der Waals surface area contributed by atoms with E-state index in [-0.39, 0.29) is 12.5 Å². The van der Waals surface area contributed by atoms with E-state index in [0.717, 1.165) is 5.56 Å². The minimum atomic E-state index is -0.925. The molecule has 1 heterocycles. The fraction of sp³-hybridized carbons (Fsp3) is 0.400. The van der Waals surface area contributed by atoms with Gasteiger partial charge in [-0.15, -0.1) is 10.2 Å². The van der Waals surface area contributed by atoms with Crippen LogP contribution in [0.2, 0.25) is 0 Å². The number of aliphatic hydroxyl groups is 1. The lowest BCUT2D eigenvalue weighted by atomic mass is 10.1. The summed E-state index contributed by atoms with van der Waals surface area (Å²) < 4.78 is 5.33. The summed E-state index contributed by atoms with van der Waals surface area (Å²) in [7, 11) is 1.66. The van der Waals surface area contributed by atoms with Crippen LogP contribution in [0.3, 0.4) is 0 Å². The van der Waals surface area contributed by atoms with Gasteiger partial charge < -0.3 is 14.4 Å². The standard InChI is InChI=1S/C15H19N3O3/c1-10-16-17-13(21-10)11-5-7-12(8-6-11)14(19)18(4)9-15(2,3)20/h5-8,20H,9H2,1-4H3. The molecular weight excluding hydrogens is 270 g/mol. The third-order valence-electron chi connectivity index (χ3n) is 2.88. The van der Waals surface area contributed by atoms with Crippen LogP contribution in [0.15, 0.2) is 28.7 Å². The molecule has 0 atom stereocenters. The molecule has 21 heavy (non-hydrogen) atoms. The lowest BCUT2D eigenvalue weighted by Crippen LogP contribution is -2.39. The first kappa shape index (κ1) is 15.2. The van der Waals surface area contributed by atoms with E-state index in [9.17, 15) is 9.90 Å². The maximum atomic E-state index is 12.2. The van der Waals surface area contributed by atoms with Crippen molar-refractivity contribution in [2.24, 2.45) is 0 Å². The van der Waals surface area contributed by atoms with Gasteiger partial charge in [-0.05, 0) is 38.1 Å². The molecule has 0 aliphatic heterocycles. The molecule has 112 valence electrons. The number of carbonyl (C=O) groups is 1. The lowest BCUT2D eigenvalue weighted by molar-refractivity contribution is 0.0368. The molecule has 0 aliphatic carbocycles. The maximum Gasteiger partial charge on any atom is 0.253 e. The Morgan fingerprint density at radius 2 is 1.90 bits per heavy atom. The van der Waals surface area contributed by atoms with Gasteiger partial charge in [-0.2, -0.15) is 0 Å². The molecule has 6 heteroatoms. The number of nitrogens with zero attached hydrogens (tertiary/aromatic N) is 3. The molecule has 2 rings (SSSR count). The van der Waals surface area contributed by atoms with Gasteiger partial charge in [0.1, 0.15) is 0 Å². The molecule has 0 radical (unpaired) electrons. The Morgan fingerprint density at radius 3 is 2.38 bits per heavy atom. The number of hydrogen-bond acceptors (Lipinski definition) is 5. The highest BCUT2D eigenvalue weighted by atomic mass is 16.4. The smallest absolute Gasteiger partial charge is 0.253 e. The van der Waals surface area contributed by atoms with E-state index in [1.165, 1.54) is 4.90 Å². The van der Waals surface area contributed by atoms with E-state index in [1.807, 2.05) is 0 Å². The van der Waals surface area contributed by atoms with Crippen molar-refractivity contribution >= 4 is 5.91 Å². The number of likely N-dealkylation sites (N-methyl/N-ethyl adjacent to an activating group) is 1. The first-order valence-corrected chi connectivity index (χ1v) is 6.65. The average Bonchev–Trinajstić information content (AvgIpc) is 2.83. The minimum Gasteiger partial charge on any atom is -0.421 e. The van der Waals surface area contributed by atoms with Gasteiger partial charge in [-0.3, -0.25) is 4.79 Å². The Morgan fingerprint density at radius 1 is 1.29 bits per heavy atom. The summed E-state index contributed by atoms with van der Waals surface area (Å²) in [5, 5.41) is 17.5. The highest BCUT2D eigenvalue weighted by Crippen LogP contribution is 2.19. The second-order valence-electron chi connectivity index (χ2n) is 5.68. The molecule has 1 N–H and O–H groups in total. The molecule has 0 saturated heterocycles. The topological polar surface area (TPSA) is 79.5 Å². The number of aromatic nitrogens is 2. The van der Waals surface area contributed by atoms with Crippen LogP contribution in [0.1, 0.15) is 30.1 Å². The van der Waals surface area contributed by atoms with Crippen LogP contribution in [0, 0.1) is 6.92 Å². The highest BCUT2D eigenvalue weighted by molar-refractivity contribution is 5.94. The van der Waals surface area contributed by atoms with Crippen molar-refractivity contribution in [2.45, 2.75) is 26.4 Å². The first-order valence-electron chi connectivity index (χ1n) is 6.65. The van der Waals surface area contributed by atoms with E-state index >= 15 is 0 Å². The number of hydrogen-bond donors (Lipinski definition) is 1. The zero-order valence-electron chi connectivity index (χ0n) is 12.6. The van der Waals surface area contributed by atoms with Gasteiger partial charge in [0.25, 0.3) is 5.91 Å². The highest BCUT2D eigenvalue weighted by Gasteiger charge is 2.20. The predicted octanol–water partition coefficient (Wildman–Crippen LogP) is 1.89. The first-order chi connectivity index (χ1) is 9.76. The van der Waals surface area contributed by atoms with Crippen molar-refractivity contribution in [1.82, 2.24) is 15.1 Å². The lowest BCUT2D eigenvalue weighted by Gasteiger charge is -2.25. The minimum absolute atomic E-state index is 0.148. The van der Waals surface area contributed by atoms with Gasteiger partial charge in [-0.25, -0.2) is 0 Å². The molecule has 2 aromatic rings. The van der Waals surface area contributed by atoms with Crippen LogP contribution in [0.4, 0.5) is 0 Å². The second-order valence-corrected chi connectivity index (χ2v) is 5.68. The second kappa shape index (κ2) is 5.65. The van der Waals surface area contributed by atoms with Gasteiger partial charge in [0.15, 0.2) is 0 Å². The van der Waals surface area contributed by atoms with Crippen molar-refractivity contribution in [3.63, 3.8) is 0 Å². The summed E-state index contributed by atoms with van der Waals surface area (Å²) in [5.74, 6) is 0.775. The fourth-order valence-corrected chi connectivity index (χ4v) is 2.04. The van der Waals surface area contributed by atoms with Crippen LogP contribution < -0.4 is 0 Å². The summed E-state index contributed by atoms with van der Waals surface area (Å²) in [6.07, 6.45) is 0. The molecule has 0 bridgehead atoms. The molecule has 0 aliphatic rings. The summed E-state index contributed by atoms with van der Waals surface area (Å²) in [5.41, 5.74) is 0.380. The molecule has 1 aromatic heterocycles. The summed E-state index contributed by atoms with van der Waals surface area (Å²) >= 11 is 0. The molecule has 0 fully saturated rings. The predicted molar refractivity (Wildman–Crippen MR) is 77.7 cm³/mol. The van der Waals surface area contributed by atoms with Gasteiger partial charge >= 0.3 is 0 Å². The maximum absolute atomic E-state index is 12.2. The van der Waals surface area contributed by atoms with Crippen molar-refractivity contribution in [2.75, 3.05) is 13.6 Å². The van der Waals surface area contributed by atoms with Crippen LogP contribution in [-0.4, -0.2) is 45.3 Å². The van der Waals surface area contributed by atoms with E-state index in [0.29, 0.717) is 17.3 Å². The van der Waals surface area contributed by atoms with Gasteiger partial charge in [-0.1, -0.05) is 0 Å². The van der Waals surface area contributed by atoms with E-state index < -0.39 is 5.60 Å². The van der Waals surface area contributed by atoms with Crippen molar-refractivity contribution in [3.05, 3.63) is 35.7 Å². The monoisotopic (exact) mass is 289 g/mol. The Labute approximate surface area is 123 Å². The average molecular weight is 289 g/mol. The molecule has 6 nitrogen and oxygen atoms in total. The molecule has 1 amide bonds. The molecule has 0 unspecified atom stereocenters. The van der Waals surface area contributed by atoms with Crippen molar-refractivity contribution in [1.29, 1.82) is 0 Å². The van der Waals surface area contributed by atoms with Crippen LogP contribution in [0.25, 0.3) is 11.5 Å². The van der Waals surface area contributed by atoms with Gasteiger partial charge in [0.05, 0.1) is 5.60 Å². The van der Waals surface area contributed by atoms with Gasteiger partial charge in [0.2, 0.25) is 11.8 Å². The summed E-state index contributed by atoms with van der Waals surface area (Å²) in [4.78, 5) is 13.7. The molecular formula is C15H19N3O3. The van der Waals surface area contributed by atoms with E-state index in [1.54, 1.807) is 52.1 Å². The van der Waals surface area contributed by atoms with E-state index in [2.05, 4.69) is 10.2 Å². The zero-order valence-corrected chi connectivity index (χ0v) is 12.6. The van der Waals surface area contributed by atoms with Crippen LogP contribution in [-0.2, 0) is 0 Å². The SMILES string of the molecule is Cc1nnc(-c2ccc(C(=O)N(C)CC(C)(C)O)cc2)o1. The van der Waals surface area contributed by atoms with Gasteiger partial charge in [0, 0.05) is 31.6 Å². The number of benzene rings is 1. The number of carbonyl (C=O) groups excluding carboxylic acids is 1. The van der Waals surface area contributed by atoms with Crippen LogP contribution >= 0.6 is 0 Å². The van der Waals surface area contributed by atoms with E-state index in [4.69, 9.17) is 4.42 Å². The molecule has 1 aromatic carbocycles.